The Labute approximate surface area is 76.3 Å². The smallest absolute Gasteiger partial charge is 0.340 e. The van der Waals surface area contributed by atoms with Gasteiger partial charge in [0.05, 0.1) is 12.2 Å². The summed E-state index contributed by atoms with van der Waals surface area (Å²) < 4.78 is 9.91. The van der Waals surface area contributed by atoms with Crippen LogP contribution in [0.5, 0.6) is 0 Å². The summed E-state index contributed by atoms with van der Waals surface area (Å²) in [7, 11) is 0. The fourth-order valence-corrected chi connectivity index (χ4v) is 1.33. The molecule has 1 aliphatic rings. The number of hydrogen-bond acceptors (Lipinski definition) is 3. The molecule has 1 aromatic rings. The van der Waals surface area contributed by atoms with Gasteiger partial charge in [0.25, 0.3) is 0 Å². The molecule has 0 N–H and O–H groups in total. The summed E-state index contributed by atoms with van der Waals surface area (Å²) in [5, 5.41) is 0. The van der Waals surface area contributed by atoms with Crippen LogP contribution in [0.2, 0.25) is 0 Å². The molecule has 0 aromatic heterocycles. The van der Waals surface area contributed by atoms with Crippen LogP contribution in [0.3, 0.4) is 0 Å². The van der Waals surface area contributed by atoms with Crippen molar-refractivity contribution < 1.29 is 14.3 Å². The van der Waals surface area contributed by atoms with Crippen molar-refractivity contribution in [1.82, 2.24) is 0 Å². The SMILES string of the molecule is Cc1ccc2c(c1)C(=O)OCOC2. The lowest BCUT2D eigenvalue weighted by molar-refractivity contribution is -0.0313. The predicted octanol–water partition coefficient (Wildman–Crippen LogP) is 1.64. The second kappa shape index (κ2) is 3.18. The monoisotopic (exact) mass is 178 g/mol. The molecule has 1 heterocycles. The minimum Gasteiger partial charge on any atom is -0.435 e. The minimum absolute atomic E-state index is 0.0482. The molecule has 0 bridgehead atoms. The van der Waals surface area contributed by atoms with Crippen molar-refractivity contribution in [3.05, 3.63) is 34.9 Å². The van der Waals surface area contributed by atoms with Gasteiger partial charge in [0.2, 0.25) is 0 Å². The Morgan fingerprint density at radius 3 is 3.08 bits per heavy atom. The summed E-state index contributed by atoms with van der Waals surface area (Å²) in [6.07, 6.45) is 0. The van der Waals surface area contributed by atoms with Crippen molar-refractivity contribution in [2.45, 2.75) is 13.5 Å². The topological polar surface area (TPSA) is 35.5 Å². The number of rotatable bonds is 0. The van der Waals surface area contributed by atoms with E-state index in [1.807, 2.05) is 25.1 Å². The third-order valence-corrected chi connectivity index (χ3v) is 2.02. The molecule has 3 heteroatoms. The Hall–Kier alpha value is -1.35. The maximum absolute atomic E-state index is 11.4. The van der Waals surface area contributed by atoms with Crippen LogP contribution >= 0.6 is 0 Å². The summed E-state index contributed by atoms with van der Waals surface area (Å²) in [4.78, 5) is 11.4. The summed E-state index contributed by atoms with van der Waals surface area (Å²) in [5.41, 5.74) is 2.57. The second-order valence-corrected chi connectivity index (χ2v) is 3.06. The minimum atomic E-state index is -0.295. The Morgan fingerprint density at radius 2 is 2.23 bits per heavy atom. The number of esters is 1. The van der Waals surface area contributed by atoms with E-state index < -0.39 is 0 Å². The first-order chi connectivity index (χ1) is 6.27. The molecular formula is C10H10O3. The van der Waals surface area contributed by atoms with Crippen molar-refractivity contribution >= 4 is 5.97 Å². The van der Waals surface area contributed by atoms with E-state index in [1.165, 1.54) is 0 Å². The fourth-order valence-electron chi connectivity index (χ4n) is 1.33. The van der Waals surface area contributed by atoms with Gasteiger partial charge in [-0.1, -0.05) is 17.7 Å². The number of fused-ring (bicyclic) bond motifs is 1. The summed E-state index contributed by atoms with van der Waals surface area (Å²) >= 11 is 0. The molecule has 13 heavy (non-hydrogen) atoms. The average Bonchev–Trinajstić information content (AvgIpc) is 2.29. The molecule has 0 fully saturated rings. The largest absolute Gasteiger partial charge is 0.435 e. The molecule has 0 saturated carbocycles. The third-order valence-electron chi connectivity index (χ3n) is 2.02. The van der Waals surface area contributed by atoms with Crippen molar-refractivity contribution in [3.8, 4) is 0 Å². The summed E-state index contributed by atoms with van der Waals surface area (Å²) in [5.74, 6) is -0.295. The predicted molar refractivity (Wildman–Crippen MR) is 46.3 cm³/mol. The zero-order valence-electron chi connectivity index (χ0n) is 7.37. The lowest BCUT2D eigenvalue weighted by atomic mass is 10.1. The van der Waals surface area contributed by atoms with Crippen LogP contribution in [0, 0.1) is 6.92 Å². The van der Waals surface area contributed by atoms with E-state index in [0.717, 1.165) is 11.1 Å². The number of benzene rings is 1. The number of hydrogen-bond donors (Lipinski definition) is 0. The van der Waals surface area contributed by atoms with Gasteiger partial charge < -0.3 is 9.47 Å². The van der Waals surface area contributed by atoms with Crippen molar-refractivity contribution in [2.75, 3.05) is 6.79 Å². The lowest BCUT2D eigenvalue weighted by Crippen LogP contribution is -2.04. The number of carbonyl (C=O) groups is 1. The van der Waals surface area contributed by atoms with E-state index in [4.69, 9.17) is 9.47 Å². The highest BCUT2D eigenvalue weighted by Crippen LogP contribution is 2.16. The first-order valence-corrected chi connectivity index (χ1v) is 4.12. The second-order valence-electron chi connectivity index (χ2n) is 3.06. The van der Waals surface area contributed by atoms with Crippen LogP contribution in [-0.2, 0) is 16.1 Å². The van der Waals surface area contributed by atoms with Crippen LogP contribution in [0.15, 0.2) is 18.2 Å². The van der Waals surface area contributed by atoms with E-state index in [-0.39, 0.29) is 12.8 Å². The molecule has 3 nitrogen and oxygen atoms in total. The maximum Gasteiger partial charge on any atom is 0.340 e. The molecule has 0 spiro atoms. The number of carbonyl (C=O) groups excluding carboxylic acids is 1. The maximum atomic E-state index is 11.4. The van der Waals surface area contributed by atoms with Crippen LogP contribution in [0.1, 0.15) is 21.5 Å². The van der Waals surface area contributed by atoms with Crippen LogP contribution in [-0.4, -0.2) is 12.8 Å². The normalized spacial score (nSPS) is 15.9. The quantitative estimate of drug-likeness (QED) is 0.566. The van der Waals surface area contributed by atoms with Gasteiger partial charge in [-0.15, -0.1) is 0 Å². The molecule has 68 valence electrons. The standard InChI is InChI=1S/C10H10O3/c1-7-2-3-8-5-12-6-13-10(11)9(8)4-7/h2-4H,5-6H2,1H3. The zero-order valence-corrected chi connectivity index (χ0v) is 7.37. The molecule has 0 amide bonds. The van der Waals surface area contributed by atoms with Gasteiger partial charge >= 0.3 is 5.97 Å². The summed E-state index contributed by atoms with van der Waals surface area (Å²) in [6, 6.07) is 5.68. The first-order valence-electron chi connectivity index (χ1n) is 4.12. The van der Waals surface area contributed by atoms with Gasteiger partial charge in [-0.25, -0.2) is 4.79 Å². The molecule has 0 atom stereocenters. The molecule has 0 aliphatic carbocycles. The third kappa shape index (κ3) is 1.55. The molecule has 2 rings (SSSR count). The molecule has 1 aliphatic heterocycles. The van der Waals surface area contributed by atoms with E-state index in [1.54, 1.807) is 0 Å². The van der Waals surface area contributed by atoms with Gasteiger partial charge in [0.1, 0.15) is 0 Å². The Kier molecular flexibility index (Phi) is 2.02. The van der Waals surface area contributed by atoms with E-state index in [9.17, 15) is 4.79 Å². The molecule has 0 saturated heterocycles. The zero-order chi connectivity index (χ0) is 9.26. The van der Waals surface area contributed by atoms with Crippen LogP contribution in [0.4, 0.5) is 0 Å². The molecule has 0 radical (unpaired) electrons. The molecular weight excluding hydrogens is 168 g/mol. The highest BCUT2D eigenvalue weighted by Gasteiger charge is 2.16. The van der Waals surface area contributed by atoms with Crippen molar-refractivity contribution in [3.63, 3.8) is 0 Å². The molecule has 1 aromatic carbocycles. The van der Waals surface area contributed by atoms with Gasteiger partial charge in [0, 0.05) is 0 Å². The van der Waals surface area contributed by atoms with Gasteiger partial charge in [-0.2, -0.15) is 0 Å². The number of cyclic esters (lactones) is 1. The van der Waals surface area contributed by atoms with E-state index in [2.05, 4.69) is 0 Å². The first kappa shape index (κ1) is 8.26. The number of aryl methyl sites for hydroxylation is 1. The molecule has 0 unspecified atom stereocenters. The van der Waals surface area contributed by atoms with Crippen LogP contribution < -0.4 is 0 Å². The fraction of sp³-hybridized carbons (Fsp3) is 0.300. The van der Waals surface area contributed by atoms with E-state index >= 15 is 0 Å². The van der Waals surface area contributed by atoms with Crippen molar-refractivity contribution in [2.24, 2.45) is 0 Å². The van der Waals surface area contributed by atoms with Gasteiger partial charge in [-0.05, 0) is 18.6 Å². The Balaban J connectivity index is 2.49. The van der Waals surface area contributed by atoms with Crippen molar-refractivity contribution in [1.29, 1.82) is 0 Å². The summed E-state index contributed by atoms with van der Waals surface area (Å²) in [6.45, 7) is 2.44. The lowest BCUT2D eigenvalue weighted by Gasteiger charge is -2.02. The van der Waals surface area contributed by atoms with Gasteiger partial charge in [0.15, 0.2) is 6.79 Å². The highest BCUT2D eigenvalue weighted by molar-refractivity contribution is 5.91. The van der Waals surface area contributed by atoms with Crippen LogP contribution in [0.25, 0.3) is 0 Å². The van der Waals surface area contributed by atoms with Gasteiger partial charge in [-0.3, -0.25) is 0 Å². The highest BCUT2D eigenvalue weighted by atomic mass is 16.7. The Morgan fingerprint density at radius 1 is 1.38 bits per heavy atom. The Bertz CT molecular complexity index is 344. The number of ether oxygens (including phenoxy) is 2. The van der Waals surface area contributed by atoms with E-state index in [0.29, 0.717) is 12.2 Å². The average molecular weight is 178 g/mol.